The maximum absolute atomic E-state index is 8.49. The third-order valence-corrected chi connectivity index (χ3v) is 10.3. The van der Waals surface area contributed by atoms with Crippen LogP contribution in [0.2, 0.25) is 0 Å². The molecule has 71 heavy (non-hydrogen) atoms. The molecule has 0 amide bonds. The van der Waals surface area contributed by atoms with Gasteiger partial charge in [-0.3, -0.25) is 15.0 Å². The molecule has 0 saturated carbocycles. The van der Waals surface area contributed by atoms with E-state index in [1.165, 1.54) is 74.5 Å². The van der Waals surface area contributed by atoms with Gasteiger partial charge in [0.05, 0.1) is 36.8 Å². The van der Waals surface area contributed by atoms with Gasteiger partial charge in [0.25, 0.3) is 0 Å². The molecule has 17 nitrogen and oxygen atoms in total. The quantitative estimate of drug-likeness (QED) is 0.0573. The molecule has 3 aromatic carbocycles. The largest absolute Gasteiger partial charge is 2.00 e. The van der Waals surface area contributed by atoms with Crippen molar-refractivity contribution in [2.24, 2.45) is 15.0 Å². The molecule has 0 radical (unpaired) electrons. The molecule has 0 spiro atoms. The van der Waals surface area contributed by atoms with Crippen LogP contribution in [0.15, 0.2) is 143 Å². The molecule has 0 fully saturated rings. The van der Waals surface area contributed by atoms with Gasteiger partial charge in [0.15, 0.2) is 17.5 Å². The zero-order chi connectivity index (χ0) is 51.6. The van der Waals surface area contributed by atoms with Crippen LogP contribution >= 0.6 is 0 Å². The van der Waals surface area contributed by atoms with Crippen molar-refractivity contribution >= 4 is 18.6 Å². The van der Waals surface area contributed by atoms with Crippen molar-refractivity contribution < 1.29 is 74.8 Å². The molecular weight excluding hydrogens is 993 g/mol. The van der Waals surface area contributed by atoms with E-state index in [0.29, 0.717) is 0 Å². The Hall–Kier alpha value is -4.92. The molecule has 0 saturated heterocycles. The van der Waals surface area contributed by atoms with E-state index in [2.05, 4.69) is 122 Å². The van der Waals surface area contributed by atoms with Crippen LogP contribution in [0.1, 0.15) is 152 Å². The number of imidazole rings is 3. The van der Waals surface area contributed by atoms with E-state index in [4.69, 9.17) is 37.3 Å². The third kappa shape index (κ3) is 31.2. The van der Waals surface area contributed by atoms with Gasteiger partial charge in [0.2, 0.25) is 0 Å². The van der Waals surface area contributed by atoms with Crippen LogP contribution in [0.5, 0.6) is 0 Å². The topological polar surface area (TPSA) is 275 Å². The smallest absolute Gasteiger partial charge is 0.330 e. The first-order chi connectivity index (χ1) is 33.4. The number of benzene rings is 3. The van der Waals surface area contributed by atoms with Crippen molar-refractivity contribution in [2.45, 2.75) is 137 Å². The summed E-state index contributed by atoms with van der Waals surface area (Å²) in [6.45, 7) is 16.1. The Morgan fingerprint density at radius 2 is 0.648 bits per heavy atom. The molecular formula is C51H69Cl2FeN9O8. The average Bonchev–Trinajstić information content (AvgIpc) is 4.11. The van der Waals surface area contributed by atoms with Gasteiger partial charge in [-0.1, -0.05) is 150 Å². The van der Waals surface area contributed by atoms with Crippen LogP contribution < -0.4 is 37.3 Å². The number of halogens is 2. The number of hydrogen-bond acceptors (Lipinski definition) is 14. The van der Waals surface area contributed by atoms with Gasteiger partial charge in [-0.25, -0.2) is 52.2 Å². The van der Waals surface area contributed by atoms with Gasteiger partial charge in [-0.2, -0.15) is 0 Å². The number of aliphatic imine (C=N–C) groups is 3. The average molecular weight is 1060 g/mol. The molecule has 3 atom stereocenters. The van der Waals surface area contributed by atoms with E-state index in [0.717, 1.165) is 37.1 Å². The number of aryl methyl sites for hydroxylation is 3. The van der Waals surface area contributed by atoms with Gasteiger partial charge in [0.1, 0.15) is 0 Å². The standard InChI is InChI=1S/3C17H23N3.2ClHO4.Fe/c3*1-3-4-8-12-20-13-11-18-17(20)14-19-15(2)16-9-6-5-7-10-16;2*2-1(3,4)5;/h3*5-7,9-11,13-15H,3-4,8,12H2,1-2H3;2*(H,2,3,4,5);/q;;;;;+2/p-2/t3*15-;;;/m000.../s1. The first-order valence-corrected chi connectivity index (χ1v) is 25.9. The van der Waals surface area contributed by atoms with Crippen LogP contribution in [0.3, 0.4) is 0 Å². The van der Waals surface area contributed by atoms with Gasteiger partial charge < -0.3 is 13.7 Å². The SMILES string of the molecule is CCCCCn1ccnc1C=N[C@@H](C)c1ccccc1.CCCCCn1ccnc1C=N[C@@H](C)c1ccccc1.CCCCCn1ccnc1C=N[C@@H](C)c1ccccc1.[Fe+2].[O-][Cl+3]([O-])([O-])[O-].[O-][Cl+3]([O-])([O-])[O-]. The number of nitrogens with zero attached hydrogens (tertiary/aromatic N) is 9. The second-order valence-electron chi connectivity index (χ2n) is 15.9. The predicted octanol–water partition coefficient (Wildman–Crippen LogP) is 3.25. The molecule has 0 aliphatic carbocycles. The number of unbranched alkanes of at least 4 members (excludes halogenated alkanes) is 6. The Morgan fingerprint density at radius 3 is 0.859 bits per heavy atom. The molecule has 6 aromatic rings. The van der Waals surface area contributed by atoms with Crippen LogP contribution in [-0.2, 0) is 36.7 Å². The van der Waals surface area contributed by atoms with Gasteiger partial charge >= 0.3 is 17.1 Å². The van der Waals surface area contributed by atoms with Crippen molar-refractivity contribution in [1.29, 1.82) is 0 Å². The maximum atomic E-state index is 8.49. The molecule has 0 bridgehead atoms. The molecule has 3 aromatic heterocycles. The van der Waals surface area contributed by atoms with Crippen molar-refractivity contribution in [3.05, 3.63) is 162 Å². The van der Waals surface area contributed by atoms with E-state index in [1.54, 1.807) is 0 Å². The Bertz CT molecular complexity index is 2040. The van der Waals surface area contributed by atoms with Crippen molar-refractivity contribution in [3.8, 4) is 0 Å². The molecule has 0 aliphatic rings. The van der Waals surface area contributed by atoms with E-state index in [1.807, 2.05) is 110 Å². The molecule has 388 valence electrons. The molecule has 3 heterocycles. The fourth-order valence-corrected chi connectivity index (χ4v) is 6.50. The summed E-state index contributed by atoms with van der Waals surface area (Å²) >= 11 is 0. The monoisotopic (exact) mass is 1060 g/mol. The van der Waals surface area contributed by atoms with Gasteiger partial charge in [-0.05, 0) is 56.7 Å². The molecule has 20 heteroatoms. The fourth-order valence-electron chi connectivity index (χ4n) is 6.50. The van der Waals surface area contributed by atoms with E-state index < -0.39 is 20.5 Å². The summed E-state index contributed by atoms with van der Waals surface area (Å²) in [5.74, 6) is 2.84. The van der Waals surface area contributed by atoms with Crippen LogP contribution in [0, 0.1) is 20.5 Å². The van der Waals surface area contributed by atoms with E-state index >= 15 is 0 Å². The van der Waals surface area contributed by atoms with Crippen molar-refractivity contribution in [3.63, 3.8) is 0 Å². The van der Waals surface area contributed by atoms with E-state index in [9.17, 15) is 0 Å². The molecule has 0 unspecified atom stereocenters. The normalized spacial score (nSPS) is 12.6. The Morgan fingerprint density at radius 1 is 0.423 bits per heavy atom. The van der Waals surface area contributed by atoms with Crippen LogP contribution in [0.25, 0.3) is 0 Å². The van der Waals surface area contributed by atoms with Gasteiger partial charge in [0, 0.05) is 56.8 Å². The maximum Gasteiger partial charge on any atom is 2.00 e. The van der Waals surface area contributed by atoms with Crippen molar-refractivity contribution in [1.82, 2.24) is 28.7 Å². The third-order valence-electron chi connectivity index (χ3n) is 10.3. The second-order valence-corrected chi connectivity index (χ2v) is 17.4. The Kier molecular flexibility index (Phi) is 33.3. The molecule has 6 rings (SSSR count). The summed E-state index contributed by atoms with van der Waals surface area (Å²) in [6.07, 6.45) is 28.4. The van der Waals surface area contributed by atoms with Crippen LogP contribution in [-0.4, -0.2) is 47.3 Å². The van der Waals surface area contributed by atoms with E-state index in [-0.39, 0.29) is 35.2 Å². The number of rotatable bonds is 21. The minimum Gasteiger partial charge on any atom is -0.330 e. The zero-order valence-electron chi connectivity index (χ0n) is 41.5. The minimum absolute atomic E-state index is 0. The summed E-state index contributed by atoms with van der Waals surface area (Å²) in [6, 6.07) is 31.5. The molecule has 0 aliphatic heterocycles. The second kappa shape index (κ2) is 36.9. The Balaban J connectivity index is 0.000000482. The first kappa shape index (κ1) is 64.1. The summed E-state index contributed by atoms with van der Waals surface area (Å²) in [4.78, 5) is 27.0. The summed E-state index contributed by atoms with van der Waals surface area (Å²) in [7, 11) is -9.89. The molecule has 0 N–H and O–H groups in total. The predicted molar refractivity (Wildman–Crippen MR) is 253 cm³/mol. The minimum atomic E-state index is -4.94. The summed E-state index contributed by atoms with van der Waals surface area (Å²) in [5.41, 5.74) is 3.69. The summed E-state index contributed by atoms with van der Waals surface area (Å²) in [5, 5.41) is 0. The van der Waals surface area contributed by atoms with Crippen LogP contribution in [0.4, 0.5) is 0 Å². The summed E-state index contributed by atoms with van der Waals surface area (Å²) < 4.78 is 74.5. The number of hydrogen-bond donors (Lipinski definition) is 0. The first-order valence-electron chi connectivity index (χ1n) is 23.4. The zero-order valence-corrected chi connectivity index (χ0v) is 44.1. The fraction of sp³-hybridized carbons (Fsp3) is 0.412. The van der Waals surface area contributed by atoms with Gasteiger partial charge in [-0.15, -0.1) is 20.5 Å². The van der Waals surface area contributed by atoms with Crippen molar-refractivity contribution in [2.75, 3.05) is 0 Å². The number of aromatic nitrogens is 6. The Labute approximate surface area is 434 Å².